The van der Waals surface area contributed by atoms with E-state index < -0.39 is 6.04 Å². The highest BCUT2D eigenvalue weighted by Gasteiger charge is 2.51. The molecule has 31 heavy (non-hydrogen) atoms. The largest absolute Gasteiger partial charge is 0.324 e. The van der Waals surface area contributed by atoms with E-state index in [9.17, 15) is 19.2 Å². The van der Waals surface area contributed by atoms with Gasteiger partial charge in [0.1, 0.15) is 6.04 Å². The Balaban J connectivity index is 1.55. The second-order valence-electron chi connectivity index (χ2n) is 9.04. The Kier molecular flexibility index (Phi) is 5.94. The van der Waals surface area contributed by atoms with Gasteiger partial charge in [0.25, 0.3) is 0 Å². The molecule has 3 unspecified atom stereocenters. The molecule has 2 saturated heterocycles. The van der Waals surface area contributed by atoms with Crippen molar-refractivity contribution in [2.75, 3.05) is 16.8 Å². The fourth-order valence-electron chi connectivity index (χ4n) is 4.81. The van der Waals surface area contributed by atoms with E-state index in [0.29, 0.717) is 37.9 Å². The number of fused-ring (bicyclic) bond motifs is 1. The molecule has 3 aliphatic rings. The van der Waals surface area contributed by atoms with Crippen LogP contribution in [0.5, 0.6) is 0 Å². The average Bonchev–Trinajstić information content (AvgIpc) is 3.28. The van der Waals surface area contributed by atoms with Crippen molar-refractivity contribution in [3.05, 3.63) is 36.4 Å². The number of hydrogen-bond acceptors (Lipinski definition) is 4. The SMILES string of the molecule is CC(C)CC(C(=O)Nc1cccc(N2CCCC2=O)c1)N1C(=O)C2CC=CCC2C1=O. The van der Waals surface area contributed by atoms with Gasteiger partial charge in [0.15, 0.2) is 0 Å². The standard InChI is InChI=1S/C24H29N3O4/c1-15(2)13-20(27-23(30)18-9-3-4-10-19(18)24(27)31)22(29)25-16-7-5-8-17(14-16)26-12-6-11-21(26)28/h3-5,7-8,14-15,18-20H,6,9-13H2,1-2H3,(H,25,29). The fourth-order valence-corrected chi connectivity index (χ4v) is 4.81. The normalized spacial score (nSPS) is 24.2. The van der Waals surface area contributed by atoms with Gasteiger partial charge >= 0.3 is 0 Å². The maximum absolute atomic E-state index is 13.3. The number of carbonyl (C=O) groups excluding carboxylic acids is 4. The molecule has 0 saturated carbocycles. The molecular formula is C24H29N3O4. The molecule has 0 radical (unpaired) electrons. The highest BCUT2D eigenvalue weighted by molar-refractivity contribution is 6.10. The molecule has 1 aromatic rings. The molecule has 2 heterocycles. The van der Waals surface area contributed by atoms with Crippen LogP contribution in [-0.4, -0.2) is 41.1 Å². The molecule has 1 aliphatic carbocycles. The van der Waals surface area contributed by atoms with Crippen molar-refractivity contribution in [2.45, 2.75) is 52.0 Å². The monoisotopic (exact) mass is 423 g/mol. The van der Waals surface area contributed by atoms with E-state index in [1.54, 1.807) is 23.1 Å². The molecule has 2 aliphatic heterocycles. The molecule has 2 fully saturated rings. The number of rotatable bonds is 6. The lowest BCUT2D eigenvalue weighted by Crippen LogP contribution is -2.48. The minimum atomic E-state index is -0.845. The number of hydrogen-bond donors (Lipinski definition) is 1. The van der Waals surface area contributed by atoms with Crippen molar-refractivity contribution in [3.63, 3.8) is 0 Å². The molecule has 7 heteroatoms. The van der Waals surface area contributed by atoms with Gasteiger partial charge in [-0.25, -0.2) is 0 Å². The van der Waals surface area contributed by atoms with Gasteiger partial charge in [-0.2, -0.15) is 0 Å². The summed E-state index contributed by atoms with van der Waals surface area (Å²) in [6.45, 7) is 4.61. The smallest absolute Gasteiger partial charge is 0.247 e. The van der Waals surface area contributed by atoms with E-state index in [2.05, 4.69) is 5.32 Å². The highest BCUT2D eigenvalue weighted by atomic mass is 16.2. The van der Waals surface area contributed by atoms with Crippen LogP contribution in [0.2, 0.25) is 0 Å². The van der Waals surface area contributed by atoms with Gasteiger partial charge in [0.2, 0.25) is 23.6 Å². The molecule has 3 atom stereocenters. The maximum Gasteiger partial charge on any atom is 0.247 e. The van der Waals surface area contributed by atoms with Crippen LogP contribution in [0, 0.1) is 17.8 Å². The molecule has 4 rings (SSSR count). The molecule has 0 bridgehead atoms. The predicted octanol–water partition coefficient (Wildman–Crippen LogP) is 3.12. The summed E-state index contributed by atoms with van der Waals surface area (Å²) in [5.41, 5.74) is 1.29. The number of likely N-dealkylation sites (tertiary alicyclic amines) is 1. The Morgan fingerprint density at radius 1 is 1.10 bits per heavy atom. The van der Waals surface area contributed by atoms with Crippen LogP contribution in [0.1, 0.15) is 46.0 Å². The van der Waals surface area contributed by atoms with Gasteiger partial charge in [0, 0.05) is 24.3 Å². The third-order valence-corrected chi connectivity index (χ3v) is 6.35. The molecule has 1 N–H and O–H groups in total. The summed E-state index contributed by atoms with van der Waals surface area (Å²) < 4.78 is 0. The van der Waals surface area contributed by atoms with E-state index in [-0.39, 0.29) is 41.4 Å². The lowest BCUT2D eigenvalue weighted by molar-refractivity contribution is -0.147. The number of nitrogens with zero attached hydrogens (tertiary/aromatic N) is 2. The van der Waals surface area contributed by atoms with Crippen LogP contribution >= 0.6 is 0 Å². The van der Waals surface area contributed by atoms with E-state index in [0.717, 1.165) is 12.1 Å². The topological polar surface area (TPSA) is 86.8 Å². The van der Waals surface area contributed by atoms with E-state index in [4.69, 9.17) is 0 Å². The molecule has 0 aromatic heterocycles. The number of allylic oxidation sites excluding steroid dienone is 2. The van der Waals surface area contributed by atoms with Crippen molar-refractivity contribution in [1.82, 2.24) is 4.90 Å². The Morgan fingerprint density at radius 3 is 2.35 bits per heavy atom. The van der Waals surface area contributed by atoms with Gasteiger partial charge in [-0.1, -0.05) is 32.1 Å². The summed E-state index contributed by atoms with van der Waals surface area (Å²) in [5.74, 6) is -1.36. The summed E-state index contributed by atoms with van der Waals surface area (Å²) in [6.07, 6.45) is 6.74. The lowest BCUT2D eigenvalue weighted by Gasteiger charge is -2.27. The molecule has 4 amide bonds. The third kappa shape index (κ3) is 4.13. The van der Waals surface area contributed by atoms with E-state index in [1.165, 1.54) is 4.90 Å². The van der Waals surface area contributed by atoms with Crippen LogP contribution in [0.15, 0.2) is 36.4 Å². The highest BCUT2D eigenvalue weighted by Crippen LogP contribution is 2.37. The number of nitrogens with one attached hydrogen (secondary N) is 1. The number of benzene rings is 1. The first kappa shape index (κ1) is 21.3. The van der Waals surface area contributed by atoms with Crippen molar-refractivity contribution in [2.24, 2.45) is 17.8 Å². The Bertz CT molecular complexity index is 913. The maximum atomic E-state index is 13.3. The first-order chi connectivity index (χ1) is 14.9. The second-order valence-corrected chi connectivity index (χ2v) is 9.04. The third-order valence-electron chi connectivity index (χ3n) is 6.35. The molecule has 7 nitrogen and oxygen atoms in total. The summed E-state index contributed by atoms with van der Waals surface area (Å²) in [7, 11) is 0. The number of carbonyl (C=O) groups is 4. The Hall–Kier alpha value is -2.96. The predicted molar refractivity (Wildman–Crippen MR) is 117 cm³/mol. The van der Waals surface area contributed by atoms with Crippen molar-refractivity contribution in [1.29, 1.82) is 0 Å². The zero-order valence-electron chi connectivity index (χ0n) is 18.0. The van der Waals surface area contributed by atoms with Crippen LogP contribution in [0.4, 0.5) is 11.4 Å². The first-order valence-electron chi connectivity index (χ1n) is 11.1. The first-order valence-corrected chi connectivity index (χ1v) is 11.1. The van der Waals surface area contributed by atoms with Crippen molar-refractivity contribution in [3.8, 4) is 0 Å². The molecule has 0 spiro atoms. The van der Waals surface area contributed by atoms with Gasteiger partial charge in [-0.3, -0.25) is 24.1 Å². The van der Waals surface area contributed by atoms with Crippen molar-refractivity contribution >= 4 is 35.0 Å². The number of anilines is 2. The Labute approximate surface area is 182 Å². The van der Waals surface area contributed by atoms with Crippen LogP contribution in [0.25, 0.3) is 0 Å². The molecular weight excluding hydrogens is 394 g/mol. The van der Waals surface area contributed by atoms with Crippen LogP contribution < -0.4 is 10.2 Å². The number of amides is 4. The zero-order chi connectivity index (χ0) is 22.1. The van der Waals surface area contributed by atoms with Gasteiger partial charge in [-0.15, -0.1) is 0 Å². The minimum absolute atomic E-state index is 0.0747. The summed E-state index contributed by atoms with van der Waals surface area (Å²) >= 11 is 0. The van der Waals surface area contributed by atoms with Gasteiger partial charge in [0.05, 0.1) is 11.8 Å². The zero-order valence-corrected chi connectivity index (χ0v) is 18.0. The summed E-state index contributed by atoms with van der Waals surface area (Å²) in [5, 5.41) is 2.89. The van der Waals surface area contributed by atoms with Gasteiger partial charge < -0.3 is 10.2 Å². The summed E-state index contributed by atoms with van der Waals surface area (Å²) in [6, 6.07) is 6.31. The number of imide groups is 1. The van der Waals surface area contributed by atoms with Crippen LogP contribution in [-0.2, 0) is 19.2 Å². The quantitative estimate of drug-likeness (QED) is 0.563. The molecule has 164 valence electrons. The summed E-state index contributed by atoms with van der Waals surface area (Å²) in [4.78, 5) is 54.3. The molecule has 1 aromatic carbocycles. The fraction of sp³-hybridized carbons (Fsp3) is 0.500. The van der Waals surface area contributed by atoms with E-state index in [1.807, 2.05) is 32.1 Å². The lowest BCUT2D eigenvalue weighted by atomic mass is 9.85. The second kappa shape index (κ2) is 8.65. The van der Waals surface area contributed by atoms with E-state index >= 15 is 0 Å². The average molecular weight is 424 g/mol. The van der Waals surface area contributed by atoms with Gasteiger partial charge in [-0.05, 0) is 49.8 Å². The van der Waals surface area contributed by atoms with Crippen molar-refractivity contribution < 1.29 is 19.2 Å². The minimum Gasteiger partial charge on any atom is -0.324 e. The Morgan fingerprint density at radius 2 is 1.77 bits per heavy atom. The van der Waals surface area contributed by atoms with Crippen LogP contribution in [0.3, 0.4) is 0 Å².